The van der Waals surface area contributed by atoms with Crippen LogP contribution in [0.25, 0.3) is 0 Å². The van der Waals surface area contributed by atoms with E-state index in [1.165, 1.54) is 14.2 Å². The number of benzene rings is 1. The Balaban J connectivity index is 3.22. The second kappa shape index (κ2) is 6.30. The van der Waals surface area contributed by atoms with Crippen LogP contribution in [-0.4, -0.2) is 28.0 Å². The van der Waals surface area contributed by atoms with E-state index in [9.17, 15) is 4.39 Å². The highest BCUT2D eigenvalue weighted by Crippen LogP contribution is 2.42. The molecule has 0 unspecified atom stereocenters. The summed E-state index contributed by atoms with van der Waals surface area (Å²) < 4.78 is 28.0. The van der Waals surface area contributed by atoms with Gasteiger partial charge in [0.05, 0.1) is 28.0 Å². The molecule has 0 amide bonds. The van der Waals surface area contributed by atoms with Crippen LogP contribution in [0.15, 0.2) is 12.1 Å². The topological polar surface area (TPSA) is 53.7 Å². The number of methoxy groups -OCH3 is 3. The van der Waals surface area contributed by atoms with Gasteiger partial charge in [-0.1, -0.05) is 0 Å². The maximum Gasteiger partial charge on any atom is 0.203 e. The van der Waals surface area contributed by atoms with Crippen molar-refractivity contribution < 1.29 is 18.6 Å². The molecule has 1 rings (SSSR count). The number of ether oxygens (including phenoxy) is 3. The lowest BCUT2D eigenvalue weighted by molar-refractivity contribution is 0.319. The van der Waals surface area contributed by atoms with Crippen molar-refractivity contribution in [2.45, 2.75) is 12.5 Å². The Kier molecular flexibility index (Phi) is 5.03. The first kappa shape index (κ1) is 13.6. The van der Waals surface area contributed by atoms with Crippen LogP contribution in [0.4, 0.5) is 4.39 Å². The molecule has 0 bridgehead atoms. The highest BCUT2D eigenvalue weighted by Gasteiger charge is 2.19. The van der Waals surface area contributed by atoms with Gasteiger partial charge in [0.1, 0.15) is 0 Å². The molecule has 0 heterocycles. The summed E-state index contributed by atoms with van der Waals surface area (Å²) in [6, 6.07) is 3.07. The molecular weight excluding hydrogens is 225 g/mol. The van der Waals surface area contributed by atoms with E-state index < -0.39 is 12.7 Å². The zero-order valence-corrected chi connectivity index (χ0v) is 10.3. The van der Waals surface area contributed by atoms with Gasteiger partial charge in [-0.3, -0.25) is 4.39 Å². The molecule has 96 valence electrons. The van der Waals surface area contributed by atoms with Crippen molar-refractivity contribution >= 4 is 0 Å². The van der Waals surface area contributed by atoms with E-state index in [1.807, 2.05) is 0 Å². The normalized spacial score (nSPS) is 12.1. The molecule has 0 saturated carbocycles. The van der Waals surface area contributed by atoms with Crippen molar-refractivity contribution in [2.75, 3.05) is 28.0 Å². The van der Waals surface area contributed by atoms with Gasteiger partial charge in [-0.05, 0) is 18.6 Å². The molecule has 2 N–H and O–H groups in total. The van der Waals surface area contributed by atoms with E-state index >= 15 is 0 Å². The van der Waals surface area contributed by atoms with Crippen molar-refractivity contribution in [3.63, 3.8) is 0 Å². The predicted molar refractivity (Wildman–Crippen MR) is 63.6 cm³/mol. The Morgan fingerprint density at radius 2 is 1.76 bits per heavy atom. The van der Waals surface area contributed by atoms with Crippen LogP contribution >= 0.6 is 0 Å². The first-order valence-corrected chi connectivity index (χ1v) is 5.30. The molecule has 0 aliphatic carbocycles. The minimum absolute atomic E-state index is 0.242. The van der Waals surface area contributed by atoms with Gasteiger partial charge < -0.3 is 19.9 Å². The Labute approximate surface area is 100 Å². The highest BCUT2D eigenvalue weighted by atomic mass is 19.1. The lowest BCUT2D eigenvalue weighted by Gasteiger charge is -2.18. The third-order valence-corrected chi connectivity index (χ3v) is 2.55. The van der Waals surface area contributed by atoms with Gasteiger partial charge in [0.15, 0.2) is 11.5 Å². The van der Waals surface area contributed by atoms with E-state index in [0.717, 1.165) is 0 Å². The monoisotopic (exact) mass is 243 g/mol. The van der Waals surface area contributed by atoms with Gasteiger partial charge in [-0.2, -0.15) is 0 Å². The summed E-state index contributed by atoms with van der Waals surface area (Å²) in [7, 11) is 4.58. The van der Waals surface area contributed by atoms with Gasteiger partial charge in [0.25, 0.3) is 0 Å². The molecule has 0 fully saturated rings. The average Bonchev–Trinajstić information content (AvgIpc) is 2.36. The number of hydrogen-bond acceptors (Lipinski definition) is 4. The molecule has 1 aromatic rings. The SMILES string of the molecule is COc1ccc([C@@H](N)CCF)c(OC)c1OC. The van der Waals surface area contributed by atoms with Crippen molar-refractivity contribution in [3.8, 4) is 17.2 Å². The molecule has 0 saturated heterocycles. The second-order valence-electron chi connectivity index (χ2n) is 3.51. The molecule has 0 aliphatic heterocycles. The first-order chi connectivity index (χ1) is 8.19. The summed E-state index contributed by atoms with van der Waals surface area (Å²) in [6.07, 6.45) is 0.242. The molecule has 17 heavy (non-hydrogen) atoms. The molecule has 0 aromatic heterocycles. The van der Waals surface area contributed by atoms with Crippen molar-refractivity contribution in [1.29, 1.82) is 0 Å². The van der Waals surface area contributed by atoms with Crippen LogP contribution in [0.2, 0.25) is 0 Å². The van der Waals surface area contributed by atoms with Crippen LogP contribution in [-0.2, 0) is 0 Å². The lowest BCUT2D eigenvalue weighted by atomic mass is 10.0. The Hall–Kier alpha value is -1.49. The van der Waals surface area contributed by atoms with E-state index in [0.29, 0.717) is 22.8 Å². The van der Waals surface area contributed by atoms with Crippen LogP contribution in [0.1, 0.15) is 18.0 Å². The van der Waals surface area contributed by atoms with Gasteiger partial charge in [-0.15, -0.1) is 0 Å². The van der Waals surface area contributed by atoms with Gasteiger partial charge in [0, 0.05) is 11.6 Å². The second-order valence-corrected chi connectivity index (χ2v) is 3.51. The maximum absolute atomic E-state index is 12.3. The molecule has 0 aliphatic rings. The van der Waals surface area contributed by atoms with E-state index in [2.05, 4.69) is 0 Å². The smallest absolute Gasteiger partial charge is 0.203 e. The van der Waals surface area contributed by atoms with Crippen molar-refractivity contribution in [1.82, 2.24) is 0 Å². The number of rotatable bonds is 6. The molecule has 5 heteroatoms. The van der Waals surface area contributed by atoms with Crippen molar-refractivity contribution in [2.24, 2.45) is 5.73 Å². The molecule has 0 spiro atoms. The lowest BCUT2D eigenvalue weighted by Crippen LogP contribution is -2.13. The van der Waals surface area contributed by atoms with E-state index in [4.69, 9.17) is 19.9 Å². The average molecular weight is 243 g/mol. The minimum Gasteiger partial charge on any atom is -0.493 e. The maximum atomic E-state index is 12.3. The van der Waals surface area contributed by atoms with Gasteiger partial charge in [-0.25, -0.2) is 0 Å². The zero-order valence-electron chi connectivity index (χ0n) is 10.3. The van der Waals surface area contributed by atoms with Gasteiger partial charge >= 0.3 is 0 Å². The van der Waals surface area contributed by atoms with Crippen LogP contribution in [0.5, 0.6) is 17.2 Å². The fourth-order valence-corrected chi connectivity index (χ4v) is 1.69. The fraction of sp³-hybridized carbons (Fsp3) is 0.500. The quantitative estimate of drug-likeness (QED) is 0.831. The predicted octanol–water partition coefficient (Wildman–Crippen LogP) is 2.07. The fourth-order valence-electron chi connectivity index (χ4n) is 1.69. The van der Waals surface area contributed by atoms with E-state index in [1.54, 1.807) is 19.2 Å². The van der Waals surface area contributed by atoms with Crippen molar-refractivity contribution in [3.05, 3.63) is 17.7 Å². The van der Waals surface area contributed by atoms with Crippen LogP contribution in [0, 0.1) is 0 Å². The number of alkyl halides is 1. The summed E-state index contributed by atoms with van der Waals surface area (Å²) in [5.74, 6) is 1.52. The third-order valence-electron chi connectivity index (χ3n) is 2.55. The largest absolute Gasteiger partial charge is 0.493 e. The third kappa shape index (κ3) is 2.79. The summed E-state index contributed by atoms with van der Waals surface area (Å²) in [5.41, 5.74) is 6.59. The first-order valence-electron chi connectivity index (χ1n) is 5.30. The van der Waals surface area contributed by atoms with E-state index in [-0.39, 0.29) is 6.42 Å². The van der Waals surface area contributed by atoms with Gasteiger partial charge in [0.2, 0.25) is 5.75 Å². The Morgan fingerprint density at radius 3 is 2.24 bits per heavy atom. The number of nitrogens with two attached hydrogens (primary N) is 1. The Morgan fingerprint density at radius 1 is 1.12 bits per heavy atom. The standard InChI is InChI=1S/C12H18FNO3/c1-15-10-5-4-8(9(14)6-7-13)11(16-2)12(10)17-3/h4-5,9H,6-7,14H2,1-3H3/t9-/m0/s1. The molecule has 4 nitrogen and oxygen atoms in total. The molecule has 1 aromatic carbocycles. The minimum atomic E-state index is -0.474. The summed E-state index contributed by atoms with van der Waals surface area (Å²) in [6.45, 7) is -0.474. The summed E-state index contributed by atoms with van der Waals surface area (Å²) >= 11 is 0. The number of hydrogen-bond donors (Lipinski definition) is 1. The number of halogens is 1. The highest BCUT2D eigenvalue weighted by molar-refractivity contribution is 5.56. The van der Waals surface area contributed by atoms with Crippen LogP contribution in [0.3, 0.4) is 0 Å². The molecule has 1 atom stereocenters. The molecule has 0 radical (unpaired) electrons. The Bertz CT molecular complexity index is 371. The zero-order chi connectivity index (χ0) is 12.8. The summed E-state index contributed by atoms with van der Waals surface area (Å²) in [4.78, 5) is 0. The molecular formula is C12H18FNO3. The summed E-state index contributed by atoms with van der Waals surface area (Å²) in [5, 5.41) is 0. The van der Waals surface area contributed by atoms with Crippen LogP contribution < -0.4 is 19.9 Å².